The molecule has 17 heteroatoms. The zero-order valence-corrected chi connectivity index (χ0v) is 31.4. The first kappa shape index (κ1) is 39.8. The number of sulfonamides is 1. The molecule has 0 bridgehead atoms. The molecule has 1 N–H and O–H groups in total. The van der Waals surface area contributed by atoms with Gasteiger partial charge in [0.25, 0.3) is 39.6 Å². The summed E-state index contributed by atoms with van der Waals surface area (Å²) >= 11 is 0. The summed E-state index contributed by atoms with van der Waals surface area (Å²) in [6.45, 7) is 7.70. The predicted octanol–water partition coefficient (Wildman–Crippen LogP) is 7.26. The second-order valence-corrected chi connectivity index (χ2v) is 15.6. The quantitative estimate of drug-likeness (QED) is 0.160. The van der Waals surface area contributed by atoms with Crippen molar-refractivity contribution in [2.75, 3.05) is 11.9 Å². The van der Waals surface area contributed by atoms with E-state index in [0.29, 0.717) is 11.0 Å². The van der Waals surface area contributed by atoms with Gasteiger partial charge in [-0.1, -0.05) is 12.1 Å². The number of carbonyl (C=O) groups is 5. The molecule has 6 rings (SSSR count). The minimum absolute atomic E-state index is 0.0271. The number of aryl methyl sites for hydroxylation is 1. The Morgan fingerprint density at radius 3 is 1.66 bits per heavy atom. The number of nitrogens with zero attached hydrogens (tertiary/aromatic N) is 2. The molecule has 2 aliphatic heterocycles. The number of rotatable bonds is 6. The predicted molar refractivity (Wildman–Crippen MR) is 189 cm³/mol. The molecular weight excluding hydrogens is 768 g/mol. The van der Waals surface area contributed by atoms with Crippen molar-refractivity contribution in [3.05, 3.63) is 127 Å². The maximum atomic E-state index is 15.1. The normalized spacial score (nSPS) is 15.7. The van der Waals surface area contributed by atoms with Gasteiger partial charge in [0.15, 0.2) is 0 Å². The summed E-state index contributed by atoms with van der Waals surface area (Å²) in [6.07, 6.45) is -9.88. The highest BCUT2D eigenvalue weighted by Crippen LogP contribution is 2.48. The van der Waals surface area contributed by atoms with E-state index in [4.69, 9.17) is 0 Å². The van der Waals surface area contributed by atoms with Gasteiger partial charge in [-0.25, -0.2) is 18.0 Å². The van der Waals surface area contributed by atoms with Gasteiger partial charge in [0.1, 0.15) is 5.41 Å². The first-order valence-corrected chi connectivity index (χ1v) is 18.2. The lowest BCUT2D eigenvalue weighted by Gasteiger charge is -2.33. The molecule has 1 atom stereocenters. The number of nitrogens with one attached hydrogen (secondary N) is 1. The van der Waals surface area contributed by atoms with Crippen LogP contribution in [0.2, 0.25) is 0 Å². The number of benzene rings is 4. The zero-order chi connectivity index (χ0) is 41.8. The maximum Gasteiger partial charge on any atom is 0.416 e. The minimum atomic E-state index is -5.04. The summed E-state index contributed by atoms with van der Waals surface area (Å²) in [5.74, 6) is -4.95. The Labute approximate surface area is 316 Å². The molecule has 2 aliphatic rings. The number of alkyl halides is 6. The van der Waals surface area contributed by atoms with Gasteiger partial charge >= 0.3 is 12.4 Å². The van der Waals surface area contributed by atoms with Gasteiger partial charge in [0.05, 0.1) is 38.4 Å². The highest BCUT2D eigenvalue weighted by molar-refractivity contribution is 7.90. The molecule has 4 aromatic rings. The lowest BCUT2D eigenvalue weighted by atomic mass is 9.74. The van der Waals surface area contributed by atoms with Gasteiger partial charge in [0, 0.05) is 12.6 Å². The molecule has 4 aromatic carbocycles. The van der Waals surface area contributed by atoms with E-state index in [1.165, 1.54) is 41.7 Å². The summed E-state index contributed by atoms with van der Waals surface area (Å²) in [6, 6.07) is 8.41. The smallest absolute Gasteiger partial charge is 0.277 e. The Kier molecular flexibility index (Phi) is 9.15. The Bertz CT molecular complexity index is 2600. The lowest BCUT2D eigenvalue weighted by molar-refractivity contribution is -0.173. The standard InChI is InChI=1S/C39H31F6N3O7S/c1-17-12-22(14-25(13-17)38(40,41)42)32(49)46-56(54,55)31-20(4)18(2)19(3)30(21(31)5)48-35(52)27-11-9-24(16-29(27)36(48)53)37(6,39(43,44)45)23-8-10-26-28(15-23)34(51)47(7)33(26)50/h8-16H,1-7H3,(H,46,49). The molecule has 5 amide bonds. The average Bonchev–Trinajstić information content (AvgIpc) is 3.48. The number of carbonyl (C=O) groups excluding carboxylic acids is 5. The lowest BCUT2D eigenvalue weighted by Crippen LogP contribution is -2.41. The molecule has 0 saturated heterocycles. The Morgan fingerprint density at radius 1 is 0.625 bits per heavy atom. The molecule has 0 spiro atoms. The van der Waals surface area contributed by atoms with Crippen molar-refractivity contribution < 1.29 is 58.7 Å². The summed E-state index contributed by atoms with van der Waals surface area (Å²) in [4.78, 5) is 67.1. The monoisotopic (exact) mass is 799 g/mol. The number of halogens is 6. The Balaban J connectivity index is 1.43. The number of hydrogen-bond donors (Lipinski definition) is 1. The van der Waals surface area contributed by atoms with Crippen LogP contribution in [-0.2, 0) is 21.6 Å². The van der Waals surface area contributed by atoms with Crippen LogP contribution < -0.4 is 9.62 Å². The Hall–Kier alpha value is -5.84. The summed E-state index contributed by atoms with van der Waals surface area (Å²) in [7, 11) is -3.72. The molecule has 0 aliphatic carbocycles. The molecule has 0 saturated carbocycles. The van der Waals surface area contributed by atoms with Crippen molar-refractivity contribution >= 4 is 45.2 Å². The van der Waals surface area contributed by atoms with Crippen molar-refractivity contribution in [3.63, 3.8) is 0 Å². The van der Waals surface area contributed by atoms with Gasteiger partial charge in [-0.15, -0.1) is 0 Å². The van der Waals surface area contributed by atoms with Crippen molar-refractivity contribution in [2.24, 2.45) is 0 Å². The molecular formula is C39H31F6N3O7S. The van der Waals surface area contributed by atoms with Gasteiger partial charge in [-0.3, -0.25) is 28.9 Å². The van der Waals surface area contributed by atoms with E-state index in [1.807, 2.05) is 0 Å². The number of hydrogen-bond acceptors (Lipinski definition) is 7. The van der Waals surface area contributed by atoms with Gasteiger partial charge < -0.3 is 0 Å². The fourth-order valence-electron chi connectivity index (χ4n) is 7.27. The fourth-order valence-corrected chi connectivity index (χ4v) is 8.79. The largest absolute Gasteiger partial charge is 0.416 e. The molecule has 1 unspecified atom stereocenters. The first-order chi connectivity index (χ1) is 25.7. The third-order valence-electron chi connectivity index (χ3n) is 10.6. The van der Waals surface area contributed by atoms with E-state index in [1.54, 1.807) is 4.72 Å². The van der Waals surface area contributed by atoms with Crippen LogP contribution in [0.5, 0.6) is 0 Å². The molecule has 10 nitrogen and oxygen atoms in total. The van der Waals surface area contributed by atoms with Gasteiger partial charge in [0.2, 0.25) is 0 Å². The van der Waals surface area contributed by atoms with Crippen molar-refractivity contribution in [1.29, 1.82) is 0 Å². The van der Waals surface area contributed by atoms with E-state index in [9.17, 15) is 45.6 Å². The third-order valence-corrected chi connectivity index (χ3v) is 12.2. The number of fused-ring (bicyclic) bond motifs is 2. The van der Waals surface area contributed by atoms with Crippen LogP contribution in [-0.4, -0.2) is 56.1 Å². The van der Waals surface area contributed by atoms with Crippen LogP contribution in [0.4, 0.5) is 32.0 Å². The van der Waals surface area contributed by atoms with Crippen LogP contribution in [0.25, 0.3) is 0 Å². The summed E-state index contributed by atoms with van der Waals surface area (Å²) < 4.78 is 115. The van der Waals surface area contributed by atoms with Crippen molar-refractivity contribution in [3.8, 4) is 0 Å². The second kappa shape index (κ2) is 12.9. The van der Waals surface area contributed by atoms with E-state index < -0.39 is 90.0 Å². The highest BCUT2D eigenvalue weighted by Gasteiger charge is 2.55. The van der Waals surface area contributed by atoms with Gasteiger partial charge in [-0.2, -0.15) is 26.3 Å². The number of amides is 5. The number of anilines is 1. The van der Waals surface area contributed by atoms with E-state index >= 15 is 13.2 Å². The van der Waals surface area contributed by atoms with Crippen LogP contribution in [0, 0.1) is 34.6 Å². The molecule has 0 aromatic heterocycles. The van der Waals surface area contributed by atoms with Crippen molar-refractivity contribution in [2.45, 2.75) is 64.2 Å². The van der Waals surface area contributed by atoms with E-state index in [0.717, 1.165) is 60.4 Å². The van der Waals surface area contributed by atoms with E-state index in [-0.39, 0.29) is 50.2 Å². The average molecular weight is 800 g/mol. The van der Waals surface area contributed by atoms with Crippen LogP contribution in [0.3, 0.4) is 0 Å². The van der Waals surface area contributed by atoms with Crippen molar-refractivity contribution in [1.82, 2.24) is 9.62 Å². The molecule has 0 radical (unpaired) electrons. The zero-order valence-electron chi connectivity index (χ0n) is 30.6. The molecule has 0 fully saturated rings. The fraction of sp³-hybridized carbons (Fsp3) is 0.256. The summed E-state index contributed by atoms with van der Waals surface area (Å²) in [5.41, 5.74) is -6.44. The summed E-state index contributed by atoms with van der Waals surface area (Å²) in [5, 5.41) is 0. The van der Waals surface area contributed by atoms with Crippen LogP contribution >= 0.6 is 0 Å². The Morgan fingerprint density at radius 2 is 1.12 bits per heavy atom. The highest BCUT2D eigenvalue weighted by atomic mass is 32.2. The van der Waals surface area contributed by atoms with Gasteiger partial charge in [-0.05, 0) is 123 Å². The van der Waals surface area contributed by atoms with Crippen LogP contribution in [0.15, 0.2) is 59.5 Å². The first-order valence-electron chi connectivity index (χ1n) is 16.7. The molecule has 2 heterocycles. The number of imide groups is 2. The van der Waals surface area contributed by atoms with Crippen LogP contribution in [0.1, 0.15) is 103 Å². The molecule has 56 heavy (non-hydrogen) atoms. The molecule has 292 valence electrons. The SMILES string of the molecule is Cc1cc(C(=O)NS(=O)(=O)c2c(C)c(C)c(C)c(N3C(=O)c4ccc(C(C)(c5ccc6c(c5)C(=O)N(C)C6=O)C(F)(F)F)cc4C3=O)c2C)cc(C(F)(F)F)c1. The maximum absolute atomic E-state index is 15.1. The third kappa shape index (κ3) is 5.95. The minimum Gasteiger partial charge on any atom is -0.277 e. The second-order valence-electron chi connectivity index (χ2n) is 14.0. The topological polar surface area (TPSA) is 138 Å². The van der Waals surface area contributed by atoms with E-state index in [2.05, 4.69) is 0 Å².